The Balaban J connectivity index is 0.000000816. The topological polar surface area (TPSA) is 45.7 Å². The summed E-state index contributed by atoms with van der Waals surface area (Å²) in [5.74, 6) is 0.980. The van der Waals surface area contributed by atoms with Crippen LogP contribution in [0.15, 0.2) is 18.2 Å². The van der Waals surface area contributed by atoms with Crippen molar-refractivity contribution in [1.29, 1.82) is 0 Å². The molecule has 1 saturated heterocycles. The predicted octanol–water partition coefficient (Wildman–Crippen LogP) is 3.86. The van der Waals surface area contributed by atoms with Crippen molar-refractivity contribution >= 4 is 11.9 Å². The number of hydrogen-bond donors (Lipinski definition) is 0. The van der Waals surface area contributed by atoms with E-state index in [0.29, 0.717) is 13.1 Å². The first-order valence-electron chi connectivity index (χ1n) is 8.43. The molecule has 5 nitrogen and oxygen atoms in total. The average molecular weight is 321 g/mol. The third kappa shape index (κ3) is 6.89. The third-order valence-electron chi connectivity index (χ3n) is 3.13. The first-order chi connectivity index (χ1) is 10.8. The highest BCUT2D eigenvalue weighted by Gasteiger charge is 2.26. The molecular formula is C18H31N3O2. The van der Waals surface area contributed by atoms with Crippen molar-refractivity contribution in [1.82, 2.24) is 9.88 Å². The second-order valence-electron chi connectivity index (χ2n) is 6.80. The van der Waals surface area contributed by atoms with Crippen molar-refractivity contribution in [2.45, 2.75) is 53.6 Å². The molecule has 0 atom stereocenters. The van der Waals surface area contributed by atoms with Gasteiger partial charge in [-0.2, -0.15) is 0 Å². The predicted molar refractivity (Wildman–Crippen MR) is 95.0 cm³/mol. The minimum absolute atomic E-state index is 0.227. The van der Waals surface area contributed by atoms with Gasteiger partial charge in [0.25, 0.3) is 0 Å². The molecule has 0 spiro atoms. The fourth-order valence-electron chi connectivity index (χ4n) is 2.15. The molecule has 0 aromatic carbocycles. The Morgan fingerprint density at radius 2 is 1.74 bits per heavy atom. The average Bonchev–Trinajstić information content (AvgIpc) is 2.46. The fourth-order valence-corrected chi connectivity index (χ4v) is 2.15. The van der Waals surface area contributed by atoms with E-state index < -0.39 is 5.60 Å². The Kier molecular flexibility index (Phi) is 7.33. The van der Waals surface area contributed by atoms with E-state index >= 15 is 0 Å². The van der Waals surface area contributed by atoms with E-state index in [1.807, 2.05) is 45.9 Å². The Bertz CT molecular complexity index is 489. The van der Waals surface area contributed by atoms with Crippen LogP contribution in [0.1, 0.15) is 46.7 Å². The highest BCUT2D eigenvalue weighted by Crippen LogP contribution is 2.16. The maximum atomic E-state index is 12.0. The number of ether oxygens (including phenoxy) is 1. The monoisotopic (exact) mass is 321 g/mol. The molecule has 1 aliphatic heterocycles. The summed E-state index contributed by atoms with van der Waals surface area (Å²) in [6, 6.07) is 6.01. The number of aromatic nitrogens is 1. The largest absolute Gasteiger partial charge is 0.444 e. The lowest BCUT2D eigenvalue weighted by Gasteiger charge is -2.36. The number of hydrogen-bond acceptors (Lipinski definition) is 4. The number of carbonyl (C=O) groups excluding carboxylic acids is 1. The molecule has 0 aliphatic carbocycles. The molecule has 1 fully saturated rings. The van der Waals surface area contributed by atoms with Crippen LogP contribution in [0.2, 0.25) is 0 Å². The normalized spacial score (nSPS) is 14.9. The van der Waals surface area contributed by atoms with Gasteiger partial charge in [0.05, 0.1) is 0 Å². The molecule has 0 bridgehead atoms. The van der Waals surface area contributed by atoms with Gasteiger partial charge in [0.1, 0.15) is 11.4 Å². The van der Waals surface area contributed by atoms with Gasteiger partial charge in [0.15, 0.2) is 0 Å². The smallest absolute Gasteiger partial charge is 0.410 e. The summed E-state index contributed by atoms with van der Waals surface area (Å²) in [6.07, 6.45) is 1.02. The zero-order chi connectivity index (χ0) is 17.5. The van der Waals surface area contributed by atoms with Crippen molar-refractivity contribution in [3.63, 3.8) is 0 Å². The van der Waals surface area contributed by atoms with Crippen molar-refractivity contribution in [3.05, 3.63) is 23.9 Å². The van der Waals surface area contributed by atoms with Crippen molar-refractivity contribution in [3.8, 4) is 0 Å². The standard InChI is InChI=1S/C15H23N3O2.C3H8/c1-12-6-5-7-13(16-12)17-8-10-18(11-9-17)14(19)20-15(2,3)4;1-3-2/h5-7H,8-11H2,1-4H3;3H2,1-2H3. The number of rotatable bonds is 1. The molecule has 1 aromatic rings. The highest BCUT2D eigenvalue weighted by atomic mass is 16.6. The first-order valence-corrected chi connectivity index (χ1v) is 8.43. The van der Waals surface area contributed by atoms with Gasteiger partial charge < -0.3 is 14.5 Å². The summed E-state index contributed by atoms with van der Waals surface area (Å²) in [5.41, 5.74) is 0.573. The molecule has 0 unspecified atom stereocenters. The third-order valence-corrected chi connectivity index (χ3v) is 3.13. The summed E-state index contributed by atoms with van der Waals surface area (Å²) < 4.78 is 5.39. The van der Waals surface area contributed by atoms with E-state index in [2.05, 4.69) is 23.7 Å². The molecular weight excluding hydrogens is 290 g/mol. The van der Waals surface area contributed by atoms with E-state index in [4.69, 9.17) is 4.74 Å². The maximum absolute atomic E-state index is 12.0. The molecule has 0 N–H and O–H groups in total. The Labute approximate surface area is 140 Å². The summed E-state index contributed by atoms with van der Waals surface area (Å²) in [4.78, 5) is 20.5. The minimum Gasteiger partial charge on any atom is -0.444 e. The minimum atomic E-state index is -0.438. The lowest BCUT2D eigenvalue weighted by molar-refractivity contribution is 0.0240. The molecule has 130 valence electrons. The molecule has 0 radical (unpaired) electrons. The summed E-state index contributed by atoms with van der Waals surface area (Å²) >= 11 is 0. The van der Waals surface area contributed by atoms with E-state index in [-0.39, 0.29) is 6.09 Å². The zero-order valence-corrected chi connectivity index (χ0v) is 15.4. The van der Waals surface area contributed by atoms with E-state index in [0.717, 1.165) is 24.6 Å². The Hall–Kier alpha value is -1.78. The fraction of sp³-hybridized carbons (Fsp3) is 0.667. The number of aryl methyl sites for hydroxylation is 1. The number of piperazine rings is 1. The maximum Gasteiger partial charge on any atom is 0.410 e. The van der Waals surface area contributed by atoms with E-state index in [1.165, 1.54) is 6.42 Å². The molecule has 2 heterocycles. The Morgan fingerprint density at radius 1 is 1.17 bits per heavy atom. The number of amides is 1. The van der Waals surface area contributed by atoms with Gasteiger partial charge in [-0.05, 0) is 39.8 Å². The molecule has 23 heavy (non-hydrogen) atoms. The second-order valence-corrected chi connectivity index (χ2v) is 6.80. The van der Waals surface area contributed by atoms with Crippen LogP contribution in [-0.4, -0.2) is 47.8 Å². The molecule has 5 heteroatoms. The van der Waals surface area contributed by atoms with Crippen LogP contribution in [0.25, 0.3) is 0 Å². The van der Waals surface area contributed by atoms with E-state index in [1.54, 1.807) is 4.90 Å². The lowest BCUT2D eigenvalue weighted by atomic mass is 10.2. The first kappa shape index (κ1) is 19.3. The second kappa shape index (κ2) is 8.75. The van der Waals surface area contributed by atoms with Gasteiger partial charge in [-0.1, -0.05) is 26.3 Å². The van der Waals surface area contributed by atoms with Gasteiger partial charge in [-0.15, -0.1) is 0 Å². The summed E-state index contributed by atoms with van der Waals surface area (Å²) in [5, 5.41) is 0. The number of pyridine rings is 1. The summed E-state index contributed by atoms with van der Waals surface area (Å²) in [7, 11) is 0. The molecule has 1 aromatic heterocycles. The van der Waals surface area contributed by atoms with Crippen LogP contribution >= 0.6 is 0 Å². The van der Waals surface area contributed by atoms with Gasteiger partial charge >= 0.3 is 6.09 Å². The van der Waals surface area contributed by atoms with Crippen LogP contribution in [0, 0.1) is 6.92 Å². The molecule has 1 amide bonds. The number of anilines is 1. The van der Waals surface area contributed by atoms with Crippen LogP contribution in [0.4, 0.5) is 10.6 Å². The Morgan fingerprint density at radius 3 is 2.22 bits per heavy atom. The van der Waals surface area contributed by atoms with Crippen LogP contribution in [0.5, 0.6) is 0 Å². The number of nitrogens with zero attached hydrogens (tertiary/aromatic N) is 3. The van der Waals surface area contributed by atoms with Crippen LogP contribution in [0.3, 0.4) is 0 Å². The molecule has 0 saturated carbocycles. The van der Waals surface area contributed by atoms with Crippen LogP contribution < -0.4 is 4.90 Å². The van der Waals surface area contributed by atoms with Crippen molar-refractivity contribution in [2.75, 3.05) is 31.1 Å². The lowest BCUT2D eigenvalue weighted by Crippen LogP contribution is -2.50. The van der Waals surface area contributed by atoms with Crippen LogP contribution in [-0.2, 0) is 4.74 Å². The van der Waals surface area contributed by atoms with Crippen molar-refractivity contribution < 1.29 is 9.53 Å². The SMILES string of the molecule is CCC.Cc1cccc(N2CCN(C(=O)OC(C)(C)C)CC2)n1. The van der Waals surface area contributed by atoms with Gasteiger partial charge in [-0.3, -0.25) is 0 Å². The number of carbonyl (C=O) groups is 1. The van der Waals surface area contributed by atoms with Gasteiger partial charge in [0, 0.05) is 31.9 Å². The molecule has 2 rings (SSSR count). The highest BCUT2D eigenvalue weighted by molar-refractivity contribution is 5.68. The van der Waals surface area contributed by atoms with E-state index in [9.17, 15) is 4.79 Å². The van der Waals surface area contributed by atoms with Crippen molar-refractivity contribution in [2.24, 2.45) is 0 Å². The zero-order valence-electron chi connectivity index (χ0n) is 15.4. The quantitative estimate of drug-likeness (QED) is 0.788. The summed E-state index contributed by atoms with van der Waals surface area (Å²) in [6.45, 7) is 14.8. The molecule has 1 aliphatic rings. The van der Waals surface area contributed by atoms with Gasteiger partial charge in [0.2, 0.25) is 0 Å². The van der Waals surface area contributed by atoms with Gasteiger partial charge in [-0.25, -0.2) is 9.78 Å².